The maximum absolute atomic E-state index is 9.23. The molecule has 0 spiro atoms. The van der Waals surface area contributed by atoms with Crippen molar-refractivity contribution >= 4 is 0 Å². The van der Waals surface area contributed by atoms with Crippen molar-refractivity contribution in [3.8, 4) is 0 Å². The van der Waals surface area contributed by atoms with E-state index in [4.69, 9.17) is 9.84 Å². The van der Waals surface area contributed by atoms with E-state index in [-0.39, 0.29) is 6.61 Å². The first-order chi connectivity index (χ1) is 5.57. The minimum atomic E-state index is -1.24. The summed E-state index contributed by atoms with van der Waals surface area (Å²) in [4.78, 5) is 0. The molecule has 2 unspecified atom stereocenters. The van der Waals surface area contributed by atoms with E-state index >= 15 is 0 Å². The fourth-order valence-electron chi connectivity index (χ4n) is 1.29. The maximum Gasteiger partial charge on any atom is 0.111 e. The summed E-state index contributed by atoms with van der Waals surface area (Å²) >= 11 is 0. The van der Waals surface area contributed by atoms with Crippen molar-refractivity contribution in [2.24, 2.45) is 0 Å². The fourth-order valence-corrected chi connectivity index (χ4v) is 1.29. The Labute approximate surface area is 70.2 Å². The number of hydrogen-bond donors (Lipinski definition) is 4. The molecule has 1 fully saturated rings. The molecule has 0 aliphatic carbocycles. The Morgan fingerprint density at radius 2 is 1.67 bits per heavy atom. The van der Waals surface area contributed by atoms with Crippen LogP contribution in [0.4, 0.5) is 0 Å². The minimum Gasteiger partial charge on any atom is -0.394 e. The molecule has 1 saturated heterocycles. The number of ether oxygens (including phenoxy) is 1. The van der Waals surface area contributed by atoms with Gasteiger partial charge >= 0.3 is 0 Å². The highest BCUT2D eigenvalue weighted by molar-refractivity contribution is 4.89. The average molecular weight is 178 g/mol. The van der Waals surface area contributed by atoms with Crippen LogP contribution in [0.1, 0.15) is 6.92 Å². The normalized spacial score (nSPS) is 49.2. The molecule has 4 N–H and O–H groups in total. The molecular weight excluding hydrogens is 164 g/mol. The van der Waals surface area contributed by atoms with Gasteiger partial charge in [-0.3, -0.25) is 0 Å². The van der Waals surface area contributed by atoms with Gasteiger partial charge < -0.3 is 25.2 Å². The second-order valence-corrected chi connectivity index (χ2v) is 3.03. The Hall–Kier alpha value is -0.200. The molecule has 1 aliphatic heterocycles. The second-order valence-electron chi connectivity index (χ2n) is 3.03. The highest BCUT2D eigenvalue weighted by Gasteiger charge is 2.41. The second kappa shape index (κ2) is 3.68. The lowest BCUT2D eigenvalue weighted by Crippen LogP contribution is -2.57. The zero-order valence-electron chi connectivity index (χ0n) is 6.79. The molecule has 5 heteroatoms. The van der Waals surface area contributed by atoms with Crippen molar-refractivity contribution in [3.05, 3.63) is 0 Å². The van der Waals surface area contributed by atoms with Crippen molar-refractivity contribution < 1.29 is 25.2 Å². The highest BCUT2D eigenvalue weighted by atomic mass is 16.5. The molecule has 1 rings (SSSR count). The zero-order valence-corrected chi connectivity index (χ0v) is 6.79. The first kappa shape index (κ1) is 9.88. The van der Waals surface area contributed by atoms with Crippen molar-refractivity contribution in [1.82, 2.24) is 0 Å². The van der Waals surface area contributed by atoms with Crippen LogP contribution in [0.5, 0.6) is 0 Å². The molecule has 1 heterocycles. The van der Waals surface area contributed by atoms with E-state index in [0.717, 1.165) is 0 Å². The van der Waals surface area contributed by atoms with Crippen LogP contribution in [0.25, 0.3) is 0 Å². The Bertz CT molecular complexity index is 146. The summed E-state index contributed by atoms with van der Waals surface area (Å²) in [6.07, 6.45) is -4.94. The molecule has 12 heavy (non-hydrogen) atoms. The minimum absolute atomic E-state index is 0.366. The maximum atomic E-state index is 9.23. The Kier molecular flexibility index (Phi) is 3.03. The molecule has 0 aromatic carbocycles. The standard InChI is InChI=1S/C7H14O5/c1-3-5(9)7(11)6(10)4(2-8)12-3/h3-11H,2H2,1H3/t3-,4?,5+,6+,7?/m0/s1. The first-order valence-corrected chi connectivity index (χ1v) is 3.88. The topological polar surface area (TPSA) is 90.2 Å². The van der Waals surface area contributed by atoms with Crippen LogP contribution < -0.4 is 0 Å². The van der Waals surface area contributed by atoms with Gasteiger partial charge in [-0.15, -0.1) is 0 Å². The van der Waals surface area contributed by atoms with Crippen LogP contribution in [-0.2, 0) is 4.74 Å². The lowest BCUT2D eigenvalue weighted by molar-refractivity contribution is -0.224. The summed E-state index contributed by atoms with van der Waals surface area (Å²) in [5.74, 6) is 0. The monoisotopic (exact) mass is 178 g/mol. The van der Waals surface area contributed by atoms with E-state index in [1.165, 1.54) is 0 Å². The van der Waals surface area contributed by atoms with Gasteiger partial charge in [0.2, 0.25) is 0 Å². The van der Waals surface area contributed by atoms with E-state index in [2.05, 4.69) is 0 Å². The lowest BCUT2D eigenvalue weighted by atomic mass is 9.96. The van der Waals surface area contributed by atoms with Gasteiger partial charge in [0, 0.05) is 0 Å². The van der Waals surface area contributed by atoms with E-state index < -0.39 is 30.5 Å². The Morgan fingerprint density at radius 3 is 2.17 bits per heavy atom. The van der Waals surface area contributed by atoms with Gasteiger partial charge in [-0.25, -0.2) is 0 Å². The predicted molar refractivity (Wildman–Crippen MR) is 39.4 cm³/mol. The van der Waals surface area contributed by atoms with Crippen molar-refractivity contribution in [2.45, 2.75) is 37.4 Å². The number of rotatable bonds is 1. The summed E-state index contributed by atoms with van der Waals surface area (Å²) in [6, 6.07) is 0. The van der Waals surface area contributed by atoms with E-state index in [9.17, 15) is 15.3 Å². The van der Waals surface area contributed by atoms with Crippen molar-refractivity contribution in [2.75, 3.05) is 6.61 Å². The van der Waals surface area contributed by atoms with E-state index in [0.29, 0.717) is 0 Å². The smallest absolute Gasteiger partial charge is 0.111 e. The third kappa shape index (κ3) is 1.60. The summed E-state index contributed by atoms with van der Waals surface area (Å²) in [7, 11) is 0. The Morgan fingerprint density at radius 1 is 1.08 bits per heavy atom. The van der Waals surface area contributed by atoms with Gasteiger partial charge in [-0.1, -0.05) is 0 Å². The molecule has 0 radical (unpaired) electrons. The zero-order chi connectivity index (χ0) is 9.30. The molecule has 5 atom stereocenters. The highest BCUT2D eigenvalue weighted by Crippen LogP contribution is 2.20. The van der Waals surface area contributed by atoms with Crippen molar-refractivity contribution in [1.29, 1.82) is 0 Å². The molecule has 1 aliphatic rings. The van der Waals surface area contributed by atoms with Gasteiger partial charge in [-0.2, -0.15) is 0 Å². The van der Waals surface area contributed by atoms with Gasteiger partial charge in [-0.05, 0) is 6.92 Å². The molecule has 5 nitrogen and oxygen atoms in total. The van der Waals surface area contributed by atoms with Gasteiger partial charge in [0.15, 0.2) is 0 Å². The first-order valence-electron chi connectivity index (χ1n) is 3.88. The summed E-state index contributed by atoms with van der Waals surface area (Å²) in [5, 5.41) is 36.4. The van der Waals surface area contributed by atoms with Crippen LogP contribution in [-0.4, -0.2) is 57.6 Å². The largest absolute Gasteiger partial charge is 0.394 e. The van der Waals surface area contributed by atoms with E-state index in [1.54, 1.807) is 6.92 Å². The Balaban J connectivity index is 2.63. The number of aliphatic hydroxyl groups is 4. The average Bonchev–Trinajstić information content (AvgIpc) is 2.08. The molecule has 0 aromatic rings. The van der Waals surface area contributed by atoms with Gasteiger partial charge in [0.1, 0.15) is 24.4 Å². The number of hydrogen-bond acceptors (Lipinski definition) is 5. The molecule has 0 bridgehead atoms. The lowest BCUT2D eigenvalue weighted by Gasteiger charge is -2.38. The van der Waals surface area contributed by atoms with Crippen molar-refractivity contribution in [3.63, 3.8) is 0 Å². The number of aliphatic hydroxyl groups excluding tert-OH is 4. The fraction of sp³-hybridized carbons (Fsp3) is 1.00. The molecule has 0 saturated carbocycles. The predicted octanol–water partition coefficient (Wildman–Crippen LogP) is -2.15. The van der Waals surface area contributed by atoms with Crippen LogP contribution in [0.3, 0.4) is 0 Å². The third-order valence-electron chi connectivity index (χ3n) is 2.13. The third-order valence-corrected chi connectivity index (χ3v) is 2.13. The van der Waals surface area contributed by atoms with Crippen LogP contribution in [0, 0.1) is 0 Å². The molecule has 0 aromatic heterocycles. The van der Waals surface area contributed by atoms with Crippen LogP contribution >= 0.6 is 0 Å². The summed E-state index contributed by atoms with van der Waals surface area (Å²) in [5.41, 5.74) is 0. The van der Waals surface area contributed by atoms with Gasteiger partial charge in [0.05, 0.1) is 12.7 Å². The van der Waals surface area contributed by atoms with Crippen LogP contribution in [0.2, 0.25) is 0 Å². The molecule has 72 valence electrons. The molecule has 0 amide bonds. The summed E-state index contributed by atoms with van der Waals surface area (Å²) in [6.45, 7) is 1.21. The quantitative estimate of drug-likeness (QED) is 0.367. The summed E-state index contributed by atoms with van der Waals surface area (Å²) < 4.78 is 5.02. The van der Waals surface area contributed by atoms with Crippen LogP contribution in [0.15, 0.2) is 0 Å². The SMILES string of the molecule is C[C@@H]1OC(CO)[C@@H](O)C(O)[C@@H]1O. The molecular formula is C7H14O5. The van der Waals surface area contributed by atoms with Gasteiger partial charge in [0.25, 0.3) is 0 Å². The van der Waals surface area contributed by atoms with E-state index in [1.807, 2.05) is 0 Å².